The molecule has 1 amide bonds. The van der Waals surface area contributed by atoms with Crippen molar-refractivity contribution in [3.8, 4) is 0 Å². The zero-order chi connectivity index (χ0) is 11.3. The highest BCUT2D eigenvalue weighted by Gasteiger charge is 2.24. The molecule has 0 spiro atoms. The SMILES string of the molecule is C=C(CN(C)C1COC1)C(=O)NCCC. The quantitative estimate of drug-likeness (QED) is 0.648. The number of hydrogen-bond donors (Lipinski definition) is 1. The predicted octanol–water partition coefficient (Wildman–Crippen LogP) is 0.399. The second kappa shape index (κ2) is 5.88. The van der Waals surface area contributed by atoms with Crippen LogP contribution in [0.4, 0.5) is 0 Å². The first-order valence-corrected chi connectivity index (χ1v) is 5.39. The molecular formula is C11H20N2O2. The molecule has 1 fully saturated rings. The average Bonchev–Trinajstić information content (AvgIpc) is 2.10. The van der Waals surface area contributed by atoms with Crippen molar-refractivity contribution in [2.45, 2.75) is 19.4 Å². The maximum Gasteiger partial charge on any atom is 0.247 e. The summed E-state index contributed by atoms with van der Waals surface area (Å²) < 4.78 is 5.09. The second-order valence-electron chi connectivity index (χ2n) is 3.97. The van der Waals surface area contributed by atoms with Gasteiger partial charge in [0.2, 0.25) is 5.91 Å². The van der Waals surface area contributed by atoms with Crippen LogP contribution in [-0.2, 0) is 9.53 Å². The zero-order valence-electron chi connectivity index (χ0n) is 9.58. The molecular weight excluding hydrogens is 192 g/mol. The van der Waals surface area contributed by atoms with Gasteiger partial charge in [-0.2, -0.15) is 0 Å². The maximum absolute atomic E-state index is 11.5. The summed E-state index contributed by atoms with van der Waals surface area (Å²) in [6.07, 6.45) is 0.950. The monoisotopic (exact) mass is 212 g/mol. The van der Waals surface area contributed by atoms with Crippen LogP contribution in [0, 0.1) is 0 Å². The highest BCUT2D eigenvalue weighted by molar-refractivity contribution is 5.93. The van der Waals surface area contributed by atoms with Gasteiger partial charge in [-0.1, -0.05) is 13.5 Å². The Morgan fingerprint density at radius 3 is 2.73 bits per heavy atom. The number of carbonyl (C=O) groups excluding carboxylic acids is 1. The Morgan fingerprint density at radius 1 is 1.60 bits per heavy atom. The Balaban J connectivity index is 2.24. The van der Waals surface area contributed by atoms with Crippen molar-refractivity contribution in [3.63, 3.8) is 0 Å². The molecule has 0 saturated carbocycles. The first kappa shape index (κ1) is 12.2. The van der Waals surface area contributed by atoms with Gasteiger partial charge in [0.15, 0.2) is 0 Å². The summed E-state index contributed by atoms with van der Waals surface area (Å²) in [5, 5.41) is 2.82. The first-order chi connectivity index (χ1) is 7.15. The molecule has 1 aliphatic heterocycles. The fraction of sp³-hybridized carbons (Fsp3) is 0.727. The number of ether oxygens (including phenoxy) is 1. The fourth-order valence-electron chi connectivity index (χ4n) is 1.34. The Kier molecular flexibility index (Phi) is 4.78. The van der Waals surface area contributed by atoms with Crippen molar-refractivity contribution in [2.75, 3.05) is 33.4 Å². The third-order valence-corrected chi connectivity index (χ3v) is 2.54. The van der Waals surface area contributed by atoms with Crippen molar-refractivity contribution in [2.24, 2.45) is 0 Å². The maximum atomic E-state index is 11.5. The van der Waals surface area contributed by atoms with Gasteiger partial charge >= 0.3 is 0 Å². The standard InChI is InChI=1S/C11H20N2O2/c1-4-5-12-11(14)9(2)6-13(3)10-7-15-8-10/h10H,2,4-8H2,1,3H3,(H,12,14). The van der Waals surface area contributed by atoms with E-state index in [2.05, 4.69) is 16.8 Å². The van der Waals surface area contributed by atoms with E-state index in [1.807, 2.05) is 14.0 Å². The fourth-order valence-corrected chi connectivity index (χ4v) is 1.34. The molecule has 1 saturated heterocycles. The molecule has 0 aromatic rings. The van der Waals surface area contributed by atoms with Crippen LogP contribution in [0.25, 0.3) is 0 Å². The van der Waals surface area contributed by atoms with Crippen molar-refractivity contribution >= 4 is 5.91 Å². The first-order valence-electron chi connectivity index (χ1n) is 5.39. The Labute approximate surface area is 91.3 Å². The predicted molar refractivity (Wildman–Crippen MR) is 59.7 cm³/mol. The molecule has 0 aromatic carbocycles. The third-order valence-electron chi connectivity index (χ3n) is 2.54. The molecule has 0 atom stereocenters. The normalized spacial score (nSPS) is 16.2. The smallest absolute Gasteiger partial charge is 0.247 e. The minimum Gasteiger partial charge on any atom is -0.378 e. The lowest BCUT2D eigenvalue weighted by Gasteiger charge is -2.34. The Hall–Kier alpha value is -0.870. The van der Waals surface area contributed by atoms with Gasteiger partial charge in [0.05, 0.1) is 19.3 Å². The molecule has 15 heavy (non-hydrogen) atoms. The molecule has 0 bridgehead atoms. The summed E-state index contributed by atoms with van der Waals surface area (Å²) in [7, 11) is 1.99. The summed E-state index contributed by atoms with van der Waals surface area (Å²) in [5.74, 6) is -0.0380. The molecule has 1 N–H and O–H groups in total. The lowest BCUT2D eigenvalue weighted by atomic mass is 10.2. The van der Waals surface area contributed by atoms with E-state index in [1.165, 1.54) is 0 Å². The highest BCUT2D eigenvalue weighted by Crippen LogP contribution is 2.09. The average molecular weight is 212 g/mol. The van der Waals surface area contributed by atoms with Gasteiger partial charge in [0.1, 0.15) is 0 Å². The summed E-state index contributed by atoms with van der Waals surface area (Å²) in [6.45, 7) is 8.68. The van der Waals surface area contributed by atoms with Crippen molar-refractivity contribution in [1.29, 1.82) is 0 Å². The third kappa shape index (κ3) is 3.64. The van der Waals surface area contributed by atoms with Crippen LogP contribution < -0.4 is 5.32 Å². The van der Waals surface area contributed by atoms with Crippen molar-refractivity contribution in [1.82, 2.24) is 10.2 Å². The van der Waals surface area contributed by atoms with Gasteiger partial charge in [-0.25, -0.2) is 0 Å². The van der Waals surface area contributed by atoms with E-state index in [-0.39, 0.29) is 5.91 Å². The van der Waals surface area contributed by atoms with E-state index < -0.39 is 0 Å². The van der Waals surface area contributed by atoms with Crippen LogP contribution in [-0.4, -0.2) is 50.2 Å². The number of rotatable bonds is 6. The second-order valence-corrected chi connectivity index (χ2v) is 3.97. The molecule has 0 aromatic heterocycles. The lowest BCUT2D eigenvalue weighted by molar-refractivity contribution is -0.118. The number of amides is 1. The van der Waals surface area contributed by atoms with E-state index >= 15 is 0 Å². The number of nitrogens with one attached hydrogen (secondary N) is 1. The molecule has 0 unspecified atom stereocenters. The van der Waals surface area contributed by atoms with Crippen molar-refractivity contribution in [3.05, 3.63) is 12.2 Å². The molecule has 4 nitrogen and oxygen atoms in total. The lowest BCUT2D eigenvalue weighted by Crippen LogP contribution is -2.48. The molecule has 1 aliphatic rings. The molecule has 0 aliphatic carbocycles. The van der Waals surface area contributed by atoms with Gasteiger partial charge in [0, 0.05) is 18.7 Å². The molecule has 4 heteroatoms. The molecule has 86 valence electrons. The van der Waals surface area contributed by atoms with E-state index in [9.17, 15) is 4.79 Å². The summed E-state index contributed by atoms with van der Waals surface area (Å²) in [5.41, 5.74) is 0.623. The number of likely N-dealkylation sites (N-methyl/N-ethyl adjacent to an activating group) is 1. The van der Waals surface area contributed by atoms with Gasteiger partial charge in [-0.3, -0.25) is 9.69 Å². The number of hydrogen-bond acceptors (Lipinski definition) is 3. The van der Waals surface area contributed by atoms with Crippen LogP contribution >= 0.6 is 0 Å². The zero-order valence-corrected chi connectivity index (χ0v) is 9.58. The van der Waals surface area contributed by atoms with Gasteiger partial charge in [-0.05, 0) is 13.5 Å². The Bertz CT molecular complexity index is 237. The van der Waals surface area contributed by atoms with Crippen molar-refractivity contribution < 1.29 is 9.53 Å². The van der Waals surface area contributed by atoms with E-state index in [0.717, 1.165) is 19.6 Å². The Morgan fingerprint density at radius 2 is 2.27 bits per heavy atom. The van der Waals surface area contributed by atoms with E-state index in [0.29, 0.717) is 24.7 Å². The minimum atomic E-state index is -0.0380. The molecule has 0 radical (unpaired) electrons. The largest absolute Gasteiger partial charge is 0.378 e. The van der Waals surface area contributed by atoms with Gasteiger partial charge < -0.3 is 10.1 Å². The van der Waals surface area contributed by atoms with E-state index in [4.69, 9.17) is 4.74 Å². The topological polar surface area (TPSA) is 41.6 Å². The molecule has 1 rings (SSSR count). The van der Waals surface area contributed by atoms with Gasteiger partial charge in [0.25, 0.3) is 0 Å². The van der Waals surface area contributed by atoms with Gasteiger partial charge in [-0.15, -0.1) is 0 Å². The summed E-state index contributed by atoms with van der Waals surface area (Å²) in [4.78, 5) is 13.6. The number of carbonyl (C=O) groups is 1. The summed E-state index contributed by atoms with van der Waals surface area (Å²) >= 11 is 0. The van der Waals surface area contributed by atoms with Crippen LogP contribution in [0.15, 0.2) is 12.2 Å². The highest BCUT2D eigenvalue weighted by atomic mass is 16.5. The van der Waals surface area contributed by atoms with E-state index in [1.54, 1.807) is 0 Å². The number of nitrogens with zero attached hydrogens (tertiary/aromatic N) is 1. The van der Waals surface area contributed by atoms with Crippen LogP contribution in [0.5, 0.6) is 0 Å². The van der Waals surface area contributed by atoms with Crippen LogP contribution in [0.1, 0.15) is 13.3 Å². The summed E-state index contributed by atoms with van der Waals surface area (Å²) in [6, 6.07) is 0.445. The van der Waals surface area contributed by atoms with Crippen LogP contribution in [0.2, 0.25) is 0 Å². The molecule has 1 heterocycles. The minimum absolute atomic E-state index is 0.0380. The van der Waals surface area contributed by atoms with Crippen LogP contribution in [0.3, 0.4) is 0 Å².